The van der Waals surface area contributed by atoms with Gasteiger partial charge in [-0.3, -0.25) is 4.90 Å². The highest BCUT2D eigenvalue weighted by atomic mass is 15.2. The van der Waals surface area contributed by atoms with Crippen LogP contribution in [0, 0.1) is 0 Å². The number of nitrogens with zero attached hydrogens (tertiary/aromatic N) is 1. The van der Waals surface area contributed by atoms with Gasteiger partial charge < -0.3 is 5.32 Å². The number of piperidine rings is 1. The second kappa shape index (κ2) is 6.20. The fourth-order valence-electron chi connectivity index (χ4n) is 2.17. The SMILES string of the molecule is C=C(C)CN(CCC)C1CCCNC1. The summed E-state index contributed by atoms with van der Waals surface area (Å²) in [5, 5.41) is 3.48. The van der Waals surface area contributed by atoms with Gasteiger partial charge >= 0.3 is 0 Å². The van der Waals surface area contributed by atoms with Crippen LogP contribution in [0.25, 0.3) is 0 Å². The van der Waals surface area contributed by atoms with E-state index in [1.165, 1.54) is 37.9 Å². The molecule has 0 aromatic carbocycles. The molecule has 0 bridgehead atoms. The summed E-state index contributed by atoms with van der Waals surface area (Å²) >= 11 is 0. The van der Waals surface area contributed by atoms with Crippen molar-refractivity contribution in [2.24, 2.45) is 0 Å². The van der Waals surface area contributed by atoms with Crippen molar-refractivity contribution < 1.29 is 0 Å². The first-order valence-corrected chi connectivity index (χ1v) is 5.83. The lowest BCUT2D eigenvalue weighted by molar-refractivity contribution is 0.179. The van der Waals surface area contributed by atoms with Crippen molar-refractivity contribution >= 4 is 0 Å². The highest BCUT2D eigenvalue weighted by molar-refractivity contribution is 4.94. The van der Waals surface area contributed by atoms with Crippen LogP contribution in [-0.4, -0.2) is 37.1 Å². The van der Waals surface area contributed by atoms with E-state index >= 15 is 0 Å². The Bertz CT molecular complexity index is 171. The summed E-state index contributed by atoms with van der Waals surface area (Å²) in [6, 6.07) is 0.736. The van der Waals surface area contributed by atoms with E-state index in [4.69, 9.17) is 0 Å². The Labute approximate surface area is 88.4 Å². The van der Waals surface area contributed by atoms with E-state index in [9.17, 15) is 0 Å². The average molecular weight is 196 g/mol. The molecular formula is C12H24N2. The first kappa shape index (κ1) is 11.7. The molecule has 1 saturated heterocycles. The third kappa shape index (κ3) is 3.81. The minimum absolute atomic E-state index is 0.736. The summed E-state index contributed by atoms with van der Waals surface area (Å²) in [6.45, 7) is 13.0. The predicted molar refractivity (Wildman–Crippen MR) is 62.6 cm³/mol. The minimum atomic E-state index is 0.736. The quantitative estimate of drug-likeness (QED) is 0.677. The van der Waals surface area contributed by atoms with Gasteiger partial charge in [-0.2, -0.15) is 0 Å². The monoisotopic (exact) mass is 196 g/mol. The van der Waals surface area contributed by atoms with E-state index in [0.717, 1.165) is 19.1 Å². The van der Waals surface area contributed by atoms with E-state index in [1.807, 2.05) is 0 Å². The van der Waals surface area contributed by atoms with Gasteiger partial charge in [-0.1, -0.05) is 19.1 Å². The lowest BCUT2D eigenvalue weighted by Crippen LogP contribution is -2.46. The molecule has 1 N–H and O–H groups in total. The molecule has 1 rings (SSSR count). The van der Waals surface area contributed by atoms with E-state index in [0.29, 0.717) is 0 Å². The van der Waals surface area contributed by atoms with Crippen LogP contribution < -0.4 is 5.32 Å². The summed E-state index contributed by atoms with van der Waals surface area (Å²) in [4.78, 5) is 2.58. The van der Waals surface area contributed by atoms with E-state index in [-0.39, 0.29) is 0 Å². The summed E-state index contributed by atoms with van der Waals surface area (Å²) < 4.78 is 0. The largest absolute Gasteiger partial charge is 0.315 e. The summed E-state index contributed by atoms with van der Waals surface area (Å²) in [5.41, 5.74) is 1.28. The molecule has 0 amide bonds. The van der Waals surface area contributed by atoms with Gasteiger partial charge in [0, 0.05) is 19.1 Å². The lowest BCUT2D eigenvalue weighted by atomic mass is 10.0. The molecule has 0 radical (unpaired) electrons. The van der Waals surface area contributed by atoms with Crippen LogP contribution in [-0.2, 0) is 0 Å². The standard InChI is InChI=1S/C12H24N2/c1-4-8-14(10-11(2)3)12-6-5-7-13-9-12/h12-13H,2,4-10H2,1,3H3. The molecule has 0 spiro atoms. The molecule has 1 aliphatic heterocycles. The Kier molecular flexibility index (Phi) is 5.20. The Morgan fingerprint density at radius 2 is 2.36 bits per heavy atom. The normalized spacial score (nSPS) is 22.6. The highest BCUT2D eigenvalue weighted by Crippen LogP contribution is 2.12. The van der Waals surface area contributed by atoms with Gasteiger partial charge in [-0.25, -0.2) is 0 Å². The van der Waals surface area contributed by atoms with Crippen LogP contribution in [0.5, 0.6) is 0 Å². The van der Waals surface area contributed by atoms with Crippen molar-refractivity contribution in [3.8, 4) is 0 Å². The van der Waals surface area contributed by atoms with Gasteiger partial charge in [0.2, 0.25) is 0 Å². The molecule has 14 heavy (non-hydrogen) atoms. The Hall–Kier alpha value is -0.340. The first-order chi connectivity index (χ1) is 6.74. The summed E-state index contributed by atoms with van der Waals surface area (Å²) in [6.07, 6.45) is 3.91. The summed E-state index contributed by atoms with van der Waals surface area (Å²) in [7, 11) is 0. The maximum Gasteiger partial charge on any atom is 0.0224 e. The summed E-state index contributed by atoms with van der Waals surface area (Å²) in [5.74, 6) is 0. The first-order valence-electron chi connectivity index (χ1n) is 5.83. The van der Waals surface area contributed by atoms with Crippen LogP contribution in [0.15, 0.2) is 12.2 Å². The van der Waals surface area contributed by atoms with Crippen molar-refractivity contribution in [1.82, 2.24) is 10.2 Å². The molecule has 0 aromatic rings. The molecule has 2 heteroatoms. The second-order valence-electron chi connectivity index (χ2n) is 4.43. The Morgan fingerprint density at radius 3 is 2.86 bits per heavy atom. The molecule has 1 atom stereocenters. The van der Waals surface area contributed by atoms with Gasteiger partial charge in [0.15, 0.2) is 0 Å². The van der Waals surface area contributed by atoms with Crippen LogP contribution in [0.2, 0.25) is 0 Å². The van der Waals surface area contributed by atoms with Gasteiger partial charge in [0.25, 0.3) is 0 Å². The molecule has 0 saturated carbocycles. The molecule has 1 aliphatic rings. The van der Waals surface area contributed by atoms with Crippen molar-refractivity contribution in [2.45, 2.75) is 39.2 Å². The van der Waals surface area contributed by atoms with Crippen LogP contribution in [0.4, 0.5) is 0 Å². The molecule has 1 unspecified atom stereocenters. The Balaban J connectivity index is 2.42. The third-order valence-electron chi connectivity index (χ3n) is 2.77. The van der Waals surface area contributed by atoms with E-state index in [2.05, 4.69) is 30.6 Å². The fourth-order valence-corrected chi connectivity index (χ4v) is 2.17. The zero-order chi connectivity index (χ0) is 10.4. The van der Waals surface area contributed by atoms with E-state index < -0.39 is 0 Å². The minimum Gasteiger partial charge on any atom is -0.315 e. The number of nitrogens with one attached hydrogen (secondary N) is 1. The Morgan fingerprint density at radius 1 is 1.57 bits per heavy atom. The zero-order valence-corrected chi connectivity index (χ0v) is 9.68. The van der Waals surface area contributed by atoms with Crippen LogP contribution in [0.1, 0.15) is 33.1 Å². The van der Waals surface area contributed by atoms with Crippen molar-refractivity contribution in [3.63, 3.8) is 0 Å². The zero-order valence-electron chi connectivity index (χ0n) is 9.68. The molecule has 82 valence electrons. The predicted octanol–water partition coefficient (Wildman–Crippen LogP) is 2.03. The number of hydrogen-bond acceptors (Lipinski definition) is 2. The van der Waals surface area contributed by atoms with Crippen molar-refractivity contribution in [2.75, 3.05) is 26.2 Å². The van der Waals surface area contributed by atoms with Gasteiger partial charge in [0.1, 0.15) is 0 Å². The fraction of sp³-hybridized carbons (Fsp3) is 0.833. The molecular weight excluding hydrogens is 172 g/mol. The lowest BCUT2D eigenvalue weighted by Gasteiger charge is -2.34. The second-order valence-corrected chi connectivity index (χ2v) is 4.43. The molecule has 0 aliphatic carbocycles. The molecule has 2 nitrogen and oxygen atoms in total. The van der Waals surface area contributed by atoms with E-state index in [1.54, 1.807) is 0 Å². The number of rotatable bonds is 5. The van der Waals surface area contributed by atoms with Gasteiger partial charge in [-0.05, 0) is 39.3 Å². The molecule has 1 fully saturated rings. The van der Waals surface area contributed by atoms with Crippen LogP contribution >= 0.6 is 0 Å². The van der Waals surface area contributed by atoms with Crippen molar-refractivity contribution in [3.05, 3.63) is 12.2 Å². The average Bonchev–Trinajstić information content (AvgIpc) is 2.18. The van der Waals surface area contributed by atoms with Crippen LogP contribution in [0.3, 0.4) is 0 Å². The third-order valence-corrected chi connectivity index (χ3v) is 2.77. The molecule has 1 heterocycles. The highest BCUT2D eigenvalue weighted by Gasteiger charge is 2.19. The van der Waals surface area contributed by atoms with Gasteiger partial charge in [0.05, 0.1) is 0 Å². The number of hydrogen-bond donors (Lipinski definition) is 1. The topological polar surface area (TPSA) is 15.3 Å². The maximum absolute atomic E-state index is 4.01. The smallest absolute Gasteiger partial charge is 0.0224 e. The van der Waals surface area contributed by atoms with Crippen molar-refractivity contribution in [1.29, 1.82) is 0 Å². The molecule has 0 aromatic heterocycles. The maximum atomic E-state index is 4.01. The van der Waals surface area contributed by atoms with Gasteiger partial charge in [-0.15, -0.1) is 0 Å².